The monoisotopic (exact) mass is 268 g/mol. The molecule has 2 aromatic carbocycles. The Balaban J connectivity index is 1.82. The summed E-state index contributed by atoms with van der Waals surface area (Å²) in [6.45, 7) is 1.91. The first-order chi connectivity index (χ1) is 9.78. The smallest absolute Gasteiger partial charge is 0.118 e. The molecule has 0 aromatic heterocycles. The number of hydrogen-bond acceptors (Lipinski definition) is 3. The molecular weight excluding hydrogens is 248 g/mol. The van der Waals surface area contributed by atoms with Crippen LogP contribution in [0.5, 0.6) is 5.75 Å². The van der Waals surface area contributed by atoms with Gasteiger partial charge in [-0.3, -0.25) is 0 Å². The summed E-state index contributed by atoms with van der Waals surface area (Å²) in [5.74, 6) is 0.898. The largest absolute Gasteiger partial charge is 0.497 e. The Hall–Kier alpha value is -2.00. The van der Waals surface area contributed by atoms with Gasteiger partial charge in [0, 0.05) is 24.8 Å². The molecule has 0 fully saturated rings. The molecule has 2 aromatic rings. The van der Waals surface area contributed by atoms with Crippen molar-refractivity contribution >= 4 is 5.69 Å². The van der Waals surface area contributed by atoms with Gasteiger partial charge in [0.15, 0.2) is 0 Å². The van der Waals surface area contributed by atoms with Crippen molar-refractivity contribution in [2.45, 2.75) is 19.0 Å². The topological polar surface area (TPSA) is 38.5 Å². The fourth-order valence-electron chi connectivity index (χ4n) is 2.78. The van der Waals surface area contributed by atoms with Crippen LogP contribution in [0.2, 0.25) is 0 Å². The van der Waals surface area contributed by atoms with E-state index in [1.165, 1.54) is 16.8 Å². The molecule has 0 bridgehead atoms. The van der Waals surface area contributed by atoms with Crippen LogP contribution in [0.3, 0.4) is 0 Å². The molecule has 1 heterocycles. The van der Waals surface area contributed by atoms with Crippen molar-refractivity contribution in [1.29, 1.82) is 0 Å². The second-order valence-electron chi connectivity index (χ2n) is 5.22. The summed E-state index contributed by atoms with van der Waals surface area (Å²) in [5.41, 5.74) is 10.0. The van der Waals surface area contributed by atoms with Crippen molar-refractivity contribution in [2.75, 3.05) is 18.6 Å². The van der Waals surface area contributed by atoms with Crippen molar-refractivity contribution in [3.05, 3.63) is 59.7 Å². The maximum atomic E-state index is 6.20. The van der Waals surface area contributed by atoms with Gasteiger partial charge in [0.2, 0.25) is 0 Å². The second kappa shape index (κ2) is 5.55. The van der Waals surface area contributed by atoms with E-state index in [4.69, 9.17) is 10.5 Å². The average molecular weight is 268 g/mol. The van der Waals surface area contributed by atoms with E-state index < -0.39 is 0 Å². The highest BCUT2D eigenvalue weighted by Crippen LogP contribution is 2.33. The number of benzene rings is 2. The highest BCUT2D eigenvalue weighted by atomic mass is 16.5. The van der Waals surface area contributed by atoms with Crippen LogP contribution in [0.25, 0.3) is 0 Å². The number of rotatable bonds is 3. The molecule has 1 aliphatic rings. The average Bonchev–Trinajstić information content (AvgIpc) is 2.51. The van der Waals surface area contributed by atoms with Gasteiger partial charge in [0.25, 0.3) is 0 Å². The molecule has 0 spiro atoms. The lowest BCUT2D eigenvalue weighted by Gasteiger charge is -2.34. The van der Waals surface area contributed by atoms with Gasteiger partial charge in [-0.2, -0.15) is 0 Å². The molecule has 3 rings (SSSR count). The summed E-state index contributed by atoms with van der Waals surface area (Å²) in [6, 6.07) is 16.9. The number of nitrogens with two attached hydrogens (primary N) is 1. The third-order valence-electron chi connectivity index (χ3n) is 3.92. The molecule has 1 unspecified atom stereocenters. The first kappa shape index (κ1) is 13.0. The molecular formula is C17H20N2O. The van der Waals surface area contributed by atoms with Crippen LogP contribution in [0.15, 0.2) is 48.5 Å². The van der Waals surface area contributed by atoms with Crippen LogP contribution in [-0.2, 0) is 6.54 Å². The Bertz CT molecular complexity index is 580. The first-order valence-corrected chi connectivity index (χ1v) is 7.00. The number of fused-ring (bicyclic) bond motifs is 1. The molecule has 0 amide bonds. The molecule has 0 radical (unpaired) electrons. The van der Waals surface area contributed by atoms with Gasteiger partial charge >= 0.3 is 0 Å². The number of ether oxygens (including phenoxy) is 1. The van der Waals surface area contributed by atoms with Crippen LogP contribution in [0.1, 0.15) is 23.6 Å². The Kier molecular flexibility index (Phi) is 3.61. The summed E-state index contributed by atoms with van der Waals surface area (Å²) < 4.78 is 5.20. The van der Waals surface area contributed by atoms with Crippen molar-refractivity contribution in [3.63, 3.8) is 0 Å². The molecule has 2 N–H and O–H groups in total. The van der Waals surface area contributed by atoms with E-state index in [0.717, 1.165) is 25.3 Å². The van der Waals surface area contributed by atoms with E-state index in [9.17, 15) is 0 Å². The van der Waals surface area contributed by atoms with E-state index in [1.807, 2.05) is 12.1 Å². The number of nitrogens with zero attached hydrogens (tertiary/aromatic N) is 1. The quantitative estimate of drug-likeness (QED) is 0.929. The van der Waals surface area contributed by atoms with Gasteiger partial charge in [0.1, 0.15) is 5.75 Å². The molecule has 3 nitrogen and oxygen atoms in total. The molecule has 0 saturated heterocycles. The third kappa shape index (κ3) is 2.49. The molecule has 1 atom stereocenters. The van der Waals surface area contributed by atoms with Crippen LogP contribution in [0, 0.1) is 0 Å². The fraction of sp³-hybridized carbons (Fsp3) is 0.294. The number of methoxy groups -OCH3 is 1. The van der Waals surface area contributed by atoms with Crippen LogP contribution < -0.4 is 15.4 Å². The molecule has 1 aliphatic heterocycles. The predicted molar refractivity (Wildman–Crippen MR) is 82.0 cm³/mol. The Labute approximate surface area is 120 Å². The Morgan fingerprint density at radius 1 is 1.15 bits per heavy atom. The van der Waals surface area contributed by atoms with Gasteiger partial charge in [-0.1, -0.05) is 30.3 Å². The van der Waals surface area contributed by atoms with Gasteiger partial charge in [-0.15, -0.1) is 0 Å². The van der Waals surface area contributed by atoms with Gasteiger partial charge in [0.05, 0.1) is 7.11 Å². The first-order valence-electron chi connectivity index (χ1n) is 7.00. The van der Waals surface area contributed by atoms with E-state index in [0.29, 0.717) is 0 Å². The molecule has 0 saturated carbocycles. The normalized spacial score (nSPS) is 17.7. The summed E-state index contributed by atoms with van der Waals surface area (Å²) >= 11 is 0. The lowest BCUT2D eigenvalue weighted by molar-refractivity contribution is 0.414. The highest BCUT2D eigenvalue weighted by Gasteiger charge is 2.21. The minimum absolute atomic E-state index is 0.165. The third-order valence-corrected chi connectivity index (χ3v) is 3.92. The van der Waals surface area contributed by atoms with Crippen molar-refractivity contribution < 1.29 is 4.74 Å². The van der Waals surface area contributed by atoms with Crippen LogP contribution >= 0.6 is 0 Å². The second-order valence-corrected chi connectivity index (χ2v) is 5.22. The van der Waals surface area contributed by atoms with E-state index in [-0.39, 0.29) is 6.04 Å². The molecule has 3 heteroatoms. The fourth-order valence-corrected chi connectivity index (χ4v) is 2.78. The highest BCUT2D eigenvalue weighted by molar-refractivity contribution is 5.57. The maximum Gasteiger partial charge on any atom is 0.118 e. The molecule has 20 heavy (non-hydrogen) atoms. The zero-order valence-corrected chi connectivity index (χ0v) is 11.8. The van der Waals surface area contributed by atoms with Gasteiger partial charge < -0.3 is 15.4 Å². The van der Waals surface area contributed by atoms with Gasteiger partial charge in [-0.25, -0.2) is 0 Å². The minimum atomic E-state index is 0.165. The standard InChI is InChI=1S/C17H20N2O/c1-20-14-8-6-13(7-9-14)12-19-11-10-16(18)15-4-2-3-5-17(15)19/h2-9,16H,10-12,18H2,1H3. The summed E-state index contributed by atoms with van der Waals surface area (Å²) in [6.07, 6.45) is 1.01. The van der Waals surface area contributed by atoms with Crippen LogP contribution in [0.4, 0.5) is 5.69 Å². The van der Waals surface area contributed by atoms with E-state index in [1.54, 1.807) is 7.11 Å². The summed E-state index contributed by atoms with van der Waals surface area (Å²) in [7, 11) is 1.69. The van der Waals surface area contributed by atoms with Crippen molar-refractivity contribution in [2.24, 2.45) is 5.73 Å². The number of hydrogen-bond donors (Lipinski definition) is 1. The van der Waals surface area contributed by atoms with Crippen molar-refractivity contribution in [1.82, 2.24) is 0 Å². The Morgan fingerprint density at radius 3 is 2.65 bits per heavy atom. The molecule has 104 valence electrons. The lowest BCUT2D eigenvalue weighted by atomic mass is 9.97. The van der Waals surface area contributed by atoms with E-state index >= 15 is 0 Å². The Morgan fingerprint density at radius 2 is 1.90 bits per heavy atom. The predicted octanol–water partition coefficient (Wildman–Crippen LogP) is 3.11. The molecule has 0 aliphatic carbocycles. The SMILES string of the molecule is COc1ccc(CN2CCC(N)c3ccccc32)cc1. The summed E-state index contributed by atoms with van der Waals surface area (Å²) in [4.78, 5) is 2.40. The van der Waals surface area contributed by atoms with E-state index in [2.05, 4.69) is 41.3 Å². The maximum absolute atomic E-state index is 6.20. The summed E-state index contributed by atoms with van der Waals surface area (Å²) in [5, 5.41) is 0. The minimum Gasteiger partial charge on any atom is -0.497 e. The lowest BCUT2D eigenvalue weighted by Crippen LogP contribution is -2.33. The number of para-hydroxylation sites is 1. The zero-order chi connectivity index (χ0) is 13.9. The zero-order valence-electron chi connectivity index (χ0n) is 11.8. The van der Waals surface area contributed by atoms with Crippen LogP contribution in [-0.4, -0.2) is 13.7 Å². The van der Waals surface area contributed by atoms with Gasteiger partial charge in [-0.05, 0) is 35.7 Å². The number of anilines is 1. The van der Waals surface area contributed by atoms with Crippen molar-refractivity contribution in [3.8, 4) is 5.75 Å².